The normalized spacial score (nSPS) is 18.3. The Morgan fingerprint density at radius 2 is 1.48 bits per heavy atom. The van der Waals surface area contributed by atoms with Gasteiger partial charge in [-0.15, -0.1) is 0 Å². The van der Waals surface area contributed by atoms with Crippen molar-refractivity contribution in [3.63, 3.8) is 0 Å². The molecular formula is C25H23O2PS. The standard InChI is InChI=1S/C25H23O2PS/c1-19-10-9-11-20(18-19)25(2,23-16-17-24(26)27-23)28(29,21-12-5-3-6-13-21)22-14-7-4-8-15-22/h3-18,23H,1-2H3. The third-order valence-corrected chi connectivity index (χ3v) is 12.0. The molecule has 3 aromatic rings. The monoisotopic (exact) mass is 418 g/mol. The molecule has 0 bridgehead atoms. The van der Waals surface area contributed by atoms with Crippen LogP contribution >= 0.6 is 6.04 Å². The van der Waals surface area contributed by atoms with E-state index in [1.165, 1.54) is 6.08 Å². The predicted octanol–water partition coefficient (Wildman–Crippen LogP) is 4.82. The van der Waals surface area contributed by atoms with E-state index >= 15 is 0 Å². The zero-order valence-electron chi connectivity index (χ0n) is 16.5. The quantitative estimate of drug-likeness (QED) is 0.439. The van der Waals surface area contributed by atoms with Crippen molar-refractivity contribution in [3.05, 3.63) is 108 Å². The summed E-state index contributed by atoms with van der Waals surface area (Å²) in [6.07, 6.45) is 2.97. The minimum Gasteiger partial charge on any atom is -0.454 e. The van der Waals surface area contributed by atoms with Crippen LogP contribution in [0.2, 0.25) is 0 Å². The lowest BCUT2D eigenvalue weighted by Crippen LogP contribution is -2.42. The third-order valence-electron chi connectivity index (χ3n) is 5.70. The van der Waals surface area contributed by atoms with Gasteiger partial charge in [0.05, 0.1) is 5.16 Å². The number of cyclic esters (lactones) is 1. The molecule has 0 N–H and O–H groups in total. The summed E-state index contributed by atoms with van der Waals surface area (Å²) in [5.74, 6) is -0.309. The lowest BCUT2D eigenvalue weighted by Gasteiger charge is -2.45. The Hall–Kier alpha value is -2.48. The van der Waals surface area contributed by atoms with Crippen LogP contribution in [0, 0.1) is 6.92 Å². The molecule has 0 aliphatic carbocycles. The first-order chi connectivity index (χ1) is 14.0. The number of carbonyl (C=O) groups excluding carboxylic acids is 1. The van der Waals surface area contributed by atoms with Crippen LogP contribution in [0.4, 0.5) is 0 Å². The molecule has 2 unspecified atom stereocenters. The van der Waals surface area contributed by atoms with Gasteiger partial charge in [-0.25, -0.2) is 4.79 Å². The molecule has 4 rings (SSSR count). The predicted molar refractivity (Wildman–Crippen MR) is 124 cm³/mol. The Morgan fingerprint density at radius 1 is 0.897 bits per heavy atom. The average molecular weight is 418 g/mol. The highest BCUT2D eigenvalue weighted by Crippen LogP contribution is 2.64. The van der Waals surface area contributed by atoms with Gasteiger partial charge in [-0.3, -0.25) is 0 Å². The second kappa shape index (κ2) is 7.74. The van der Waals surface area contributed by atoms with Crippen LogP contribution in [-0.2, 0) is 26.5 Å². The molecule has 0 saturated carbocycles. The number of aryl methyl sites for hydroxylation is 1. The smallest absolute Gasteiger partial charge is 0.331 e. The molecule has 2 atom stereocenters. The molecule has 146 valence electrons. The number of rotatable bonds is 5. The lowest BCUT2D eigenvalue weighted by atomic mass is 9.93. The van der Waals surface area contributed by atoms with Crippen LogP contribution < -0.4 is 10.6 Å². The van der Waals surface area contributed by atoms with Crippen molar-refractivity contribution in [1.29, 1.82) is 0 Å². The molecule has 3 aromatic carbocycles. The molecule has 0 spiro atoms. The topological polar surface area (TPSA) is 26.3 Å². The van der Waals surface area contributed by atoms with Crippen LogP contribution in [0.1, 0.15) is 18.1 Å². The Kier molecular flexibility index (Phi) is 5.29. The molecule has 1 aliphatic rings. The first kappa shape index (κ1) is 19.8. The van der Waals surface area contributed by atoms with Gasteiger partial charge in [0.2, 0.25) is 0 Å². The van der Waals surface area contributed by atoms with Crippen molar-refractivity contribution in [2.24, 2.45) is 0 Å². The van der Waals surface area contributed by atoms with E-state index in [1.807, 2.05) is 42.5 Å². The summed E-state index contributed by atoms with van der Waals surface area (Å²) in [5.41, 5.74) is 2.25. The summed E-state index contributed by atoms with van der Waals surface area (Å²) in [4.78, 5) is 12.1. The van der Waals surface area contributed by atoms with Crippen molar-refractivity contribution >= 4 is 34.4 Å². The van der Waals surface area contributed by atoms with Crippen LogP contribution in [0.3, 0.4) is 0 Å². The van der Waals surface area contributed by atoms with Gasteiger partial charge in [0, 0.05) is 12.1 Å². The minimum absolute atomic E-state index is 0.309. The van der Waals surface area contributed by atoms with Crippen molar-refractivity contribution in [2.75, 3.05) is 0 Å². The van der Waals surface area contributed by atoms with Gasteiger partial charge in [0.25, 0.3) is 0 Å². The summed E-state index contributed by atoms with van der Waals surface area (Å²) >= 11 is 6.66. The molecule has 1 heterocycles. The maximum absolute atomic E-state index is 12.1. The molecule has 4 heteroatoms. The van der Waals surface area contributed by atoms with E-state index in [1.54, 1.807) is 0 Å². The first-order valence-corrected chi connectivity index (χ1v) is 12.4. The molecule has 1 aliphatic heterocycles. The van der Waals surface area contributed by atoms with Crippen molar-refractivity contribution < 1.29 is 9.53 Å². The van der Waals surface area contributed by atoms with Gasteiger partial charge in [-0.1, -0.05) is 102 Å². The molecular weight excluding hydrogens is 395 g/mol. The highest BCUT2D eigenvalue weighted by atomic mass is 32.4. The van der Waals surface area contributed by atoms with E-state index in [0.717, 1.165) is 21.7 Å². The highest BCUT2D eigenvalue weighted by molar-refractivity contribution is 8.22. The van der Waals surface area contributed by atoms with Crippen molar-refractivity contribution in [1.82, 2.24) is 0 Å². The largest absolute Gasteiger partial charge is 0.454 e. The van der Waals surface area contributed by atoms with E-state index in [9.17, 15) is 4.79 Å². The lowest BCUT2D eigenvalue weighted by molar-refractivity contribution is -0.139. The summed E-state index contributed by atoms with van der Waals surface area (Å²) in [6.45, 7) is 4.24. The number of hydrogen-bond donors (Lipinski definition) is 0. The van der Waals surface area contributed by atoms with E-state index in [2.05, 4.69) is 62.4 Å². The van der Waals surface area contributed by atoms with Crippen LogP contribution in [0.15, 0.2) is 97.1 Å². The summed E-state index contributed by atoms with van der Waals surface area (Å²) in [6, 6.07) is 26.6. The molecule has 0 aromatic heterocycles. The summed E-state index contributed by atoms with van der Waals surface area (Å²) in [5, 5.41) is 1.63. The van der Waals surface area contributed by atoms with Gasteiger partial charge < -0.3 is 4.74 Å². The fourth-order valence-corrected chi connectivity index (χ4v) is 9.03. The van der Waals surface area contributed by atoms with E-state index in [-0.39, 0.29) is 5.97 Å². The maximum Gasteiger partial charge on any atom is 0.331 e. The van der Waals surface area contributed by atoms with E-state index in [4.69, 9.17) is 16.5 Å². The molecule has 2 nitrogen and oxygen atoms in total. The Morgan fingerprint density at radius 3 is 1.97 bits per heavy atom. The minimum atomic E-state index is -2.46. The van der Waals surface area contributed by atoms with E-state index in [0.29, 0.717) is 0 Å². The van der Waals surface area contributed by atoms with Gasteiger partial charge in [0.15, 0.2) is 0 Å². The Bertz CT molecular complexity index is 1060. The number of hydrogen-bond acceptors (Lipinski definition) is 3. The number of carbonyl (C=O) groups is 1. The van der Waals surface area contributed by atoms with Gasteiger partial charge in [-0.05, 0) is 36.1 Å². The SMILES string of the molecule is Cc1cccc(C(C)(C2C=CC(=O)O2)P(=S)(c2ccccc2)c2ccccc2)c1. The maximum atomic E-state index is 12.1. The molecule has 29 heavy (non-hydrogen) atoms. The van der Waals surface area contributed by atoms with Crippen LogP contribution in [0.25, 0.3) is 0 Å². The molecule has 0 fully saturated rings. The Labute approximate surface area is 177 Å². The van der Waals surface area contributed by atoms with Gasteiger partial charge in [0.1, 0.15) is 6.10 Å². The molecule has 0 amide bonds. The number of esters is 1. The van der Waals surface area contributed by atoms with Crippen LogP contribution in [-0.4, -0.2) is 12.1 Å². The van der Waals surface area contributed by atoms with Gasteiger partial charge >= 0.3 is 5.97 Å². The summed E-state index contributed by atoms with van der Waals surface area (Å²) in [7, 11) is 0. The van der Waals surface area contributed by atoms with Crippen LogP contribution in [0.5, 0.6) is 0 Å². The fraction of sp³-hybridized carbons (Fsp3) is 0.160. The number of ether oxygens (including phenoxy) is 1. The summed E-state index contributed by atoms with van der Waals surface area (Å²) < 4.78 is 5.82. The van der Waals surface area contributed by atoms with E-state index < -0.39 is 17.3 Å². The highest BCUT2D eigenvalue weighted by Gasteiger charge is 2.51. The Balaban J connectivity index is 2.06. The average Bonchev–Trinajstić information content (AvgIpc) is 3.20. The van der Waals surface area contributed by atoms with Gasteiger partial charge in [-0.2, -0.15) is 0 Å². The molecule has 0 saturated heterocycles. The second-order valence-electron chi connectivity index (χ2n) is 7.51. The third kappa shape index (κ3) is 3.29. The fourth-order valence-electron chi connectivity index (χ4n) is 4.12. The number of benzene rings is 3. The zero-order chi connectivity index (χ0) is 20.5. The first-order valence-electron chi connectivity index (χ1n) is 9.63. The second-order valence-corrected chi connectivity index (χ2v) is 12.3. The van der Waals surface area contributed by atoms with Crippen molar-refractivity contribution in [3.8, 4) is 0 Å². The molecule has 0 radical (unpaired) electrons. The van der Waals surface area contributed by atoms with Crippen molar-refractivity contribution in [2.45, 2.75) is 25.1 Å². The zero-order valence-corrected chi connectivity index (χ0v) is 18.2.